The molecule has 1 atom stereocenters. The third kappa shape index (κ3) is 6.62. The fraction of sp³-hybridized carbons (Fsp3) is 1.00. The number of nitrogens with one attached hydrogen (secondary N) is 1. The zero-order chi connectivity index (χ0) is 9.98. The molecule has 0 radical (unpaired) electrons. The summed E-state index contributed by atoms with van der Waals surface area (Å²) in [6, 6.07) is 0.726. The molecule has 0 amide bonds. The van der Waals surface area contributed by atoms with Crippen LogP contribution in [-0.2, 0) is 0 Å². The Kier molecular flexibility index (Phi) is 13.1. The molecule has 2 heteroatoms. The number of hydrogen-bond donors (Lipinski definition) is 1. The minimum absolute atomic E-state index is 0.726. The topological polar surface area (TPSA) is 15.3 Å². The lowest BCUT2D eigenvalue weighted by Crippen LogP contribution is -2.45. The van der Waals surface area contributed by atoms with Crippen LogP contribution >= 0.6 is 0 Å². The molecule has 1 saturated heterocycles. The second-order valence-corrected chi connectivity index (χ2v) is 2.51. The van der Waals surface area contributed by atoms with Gasteiger partial charge in [-0.05, 0) is 19.8 Å². The zero-order valence-electron chi connectivity index (χ0n) is 9.65. The molecule has 0 aromatic carbocycles. The Balaban J connectivity index is 0. The van der Waals surface area contributed by atoms with Crippen molar-refractivity contribution in [3.63, 3.8) is 0 Å². The first-order valence-corrected chi connectivity index (χ1v) is 5.27. The van der Waals surface area contributed by atoms with Crippen LogP contribution in [0.5, 0.6) is 0 Å². The molecule has 1 unspecified atom stereocenters. The average Bonchev–Trinajstić information content (AvgIpc) is 2.17. The van der Waals surface area contributed by atoms with Gasteiger partial charge in [0.25, 0.3) is 0 Å². The van der Waals surface area contributed by atoms with Gasteiger partial charge in [-0.15, -0.1) is 0 Å². The lowest BCUT2D eigenvalue weighted by atomic mass is 10.1. The lowest BCUT2D eigenvalue weighted by Gasteiger charge is -2.30. The molecule has 0 aromatic rings. The highest BCUT2D eigenvalue weighted by Crippen LogP contribution is 2.05. The van der Waals surface area contributed by atoms with Gasteiger partial charge in [0.2, 0.25) is 0 Å². The van der Waals surface area contributed by atoms with Crippen molar-refractivity contribution in [3.05, 3.63) is 0 Å². The molecule has 1 N–H and O–H groups in total. The Morgan fingerprint density at radius 2 is 1.67 bits per heavy atom. The third-order valence-electron chi connectivity index (χ3n) is 1.82. The Labute approximate surface area is 78.3 Å². The van der Waals surface area contributed by atoms with Crippen LogP contribution < -0.4 is 5.43 Å². The van der Waals surface area contributed by atoms with Crippen molar-refractivity contribution in [2.45, 2.75) is 53.5 Å². The van der Waals surface area contributed by atoms with E-state index < -0.39 is 0 Å². The summed E-state index contributed by atoms with van der Waals surface area (Å²) >= 11 is 0. The number of hydrazine groups is 1. The number of hydrogen-bond acceptors (Lipinski definition) is 2. The van der Waals surface area contributed by atoms with Gasteiger partial charge in [-0.3, -0.25) is 5.43 Å². The van der Waals surface area contributed by atoms with Gasteiger partial charge in [-0.1, -0.05) is 27.7 Å². The molecule has 12 heavy (non-hydrogen) atoms. The van der Waals surface area contributed by atoms with Gasteiger partial charge in [0.1, 0.15) is 0 Å². The first-order valence-electron chi connectivity index (χ1n) is 5.27. The highest BCUT2D eigenvalue weighted by atomic mass is 15.5. The van der Waals surface area contributed by atoms with E-state index >= 15 is 0 Å². The van der Waals surface area contributed by atoms with Crippen molar-refractivity contribution in [1.82, 2.24) is 10.4 Å². The summed E-state index contributed by atoms with van der Waals surface area (Å²) in [6.07, 6.45) is 2.66. The van der Waals surface area contributed by atoms with E-state index in [4.69, 9.17) is 0 Å². The highest BCUT2D eigenvalue weighted by molar-refractivity contribution is 4.65. The predicted molar refractivity (Wildman–Crippen MR) is 57.2 cm³/mol. The normalized spacial score (nSPS) is 23.0. The standard InChI is InChI=1S/C6H14N2.2C2H6/c1-6-4-3-5-7-8(6)2;2*1-2/h6-7H,3-5H2,1-2H3;2*1-2H3. The van der Waals surface area contributed by atoms with Gasteiger partial charge in [-0.2, -0.15) is 0 Å². The third-order valence-corrected chi connectivity index (χ3v) is 1.82. The molecule has 0 aliphatic carbocycles. The molecule has 1 aliphatic heterocycles. The van der Waals surface area contributed by atoms with Crippen molar-refractivity contribution < 1.29 is 0 Å². The minimum Gasteiger partial charge on any atom is -0.255 e. The second kappa shape index (κ2) is 10.9. The smallest absolute Gasteiger partial charge is 0.0212 e. The maximum atomic E-state index is 3.27. The summed E-state index contributed by atoms with van der Waals surface area (Å²) in [4.78, 5) is 0. The Bertz CT molecular complexity index is 64.2. The van der Waals surface area contributed by atoms with Gasteiger partial charge in [0, 0.05) is 19.6 Å². The minimum atomic E-state index is 0.726. The van der Waals surface area contributed by atoms with Crippen LogP contribution in [0.3, 0.4) is 0 Å². The molecule has 1 rings (SSSR count). The second-order valence-electron chi connectivity index (χ2n) is 2.51. The molecule has 0 bridgehead atoms. The lowest BCUT2D eigenvalue weighted by molar-refractivity contribution is 0.130. The van der Waals surface area contributed by atoms with Crippen LogP contribution in [0, 0.1) is 0 Å². The van der Waals surface area contributed by atoms with E-state index in [2.05, 4.69) is 24.4 Å². The molecule has 1 aliphatic rings. The van der Waals surface area contributed by atoms with Gasteiger partial charge >= 0.3 is 0 Å². The van der Waals surface area contributed by atoms with Gasteiger partial charge in [-0.25, -0.2) is 5.01 Å². The molecule has 0 saturated carbocycles. The summed E-state index contributed by atoms with van der Waals surface area (Å²) in [5, 5.41) is 2.18. The zero-order valence-corrected chi connectivity index (χ0v) is 9.65. The van der Waals surface area contributed by atoms with Gasteiger partial charge in [0.05, 0.1) is 0 Å². The maximum absolute atomic E-state index is 3.27. The molecule has 0 aromatic heterocycles. The van der Waals surface area contributed by atoms with Crippen molar-refractivity contribution in [3.8, 4) is 0 Å². The Hall–Kier alpha value is -0.0800. The molecule has 2 nitrogen and oxygen atoms in total. The van der Waals surface area contributed by atoms with Crippen molar-refractivity contribution in [2.24, 2.45) is 0 Å². The van der Waals surface area contributed by atoms with E-state index in [1.165, 1.54) is 12.8 Å². The number of rotatable bonds is 0. The summed E-state index contributed by atoms with van der Waals surface area (Å²) in [5.74, 6) is 0. The molecule has 0 spiro atoms. The summed E-state index contributed by atoms with van der Waals surface area (Å²) in [5.41, 5.74) is 3.27. The largest absolute Gasteiger partial charge is 0.255 e. The molecular weight excluding hydrogens is 148 g/mol. The first kappa shape index (κ1) is 14.4. The SMILES string of the molecule is CC.CC.CC1CCCNN1C. The van der Waals surface area contributed by atoms with Crippen LogP contribution in [0.2, 0.25) is 0 Å². The van der Waals surface area contributed by atoms with E-state index in [0.29, 0.717) is 0 Å². The highest BCUT2D eigenvalue weighted by Gasteiger charge is 2.11. The van der Waals surface area contributed by atoms with Crippen LogP contribution in [0.25, 0.3) is 0 Å². The summed E-state index contributed by atoms with van der Waals surface area (Å²) in [7, 11) is 2.10. The summed E-state index contributed by atoms with van der Waals surface area (Å²) < 4.78 is 0. The molecule has 76 valence electrons. The van der Waals surface area contributed by atoms with Crippen LogP contribution in [-0.4, -0.2) is 24.6 Å². The molecule has 1 heterocycles. The van der Waals surface area contributed by atoms with Crippen LogP contribution in [0.1, 0.15) is 47.5 Å². The monoisotopic (exact) mass is 174 g/mol. The van der Waals surface area contributed by atoms with E-state index in [0.717, 1.165) is 12.6 Å². The van der Waals surface area contributed by atoms with Crippen molar-refractivity contribution in [2.75, 3.05) is 13.6 Å². The van der Waals surface area contributed by atoms with Crippen molar-refractivity contribution in [1.29, 1.82) is 0 Å². The molecule has 1 fully saturated rings. The van der Waals surface area contributed by atoms with E-state index in [1.807, 2.05) is 27.7 Å². The Morgan fingerprint density at radius 3 is 1.92 bits per heavy atom. The summed E-state index contributed by atoms with van der Waals surface area (Å²) in [6.45, 7) is 11.4. The molecular formula is C10H26N2. The Morgan fingerprint density at radius 1 is 1.17 bits per heavy atom. The fourth-order valence-corrected chi connectivity index (χ4v) is 1.00. The first-order chi connectivity index (χ1) is 5.80. The number of nitrogens with zero attached hydrogens (tertiary/aromatic N) is 1. The van der Waals surface area contributed by atoms with E-state index in [9.17, 15) is 0 Å². The quantitative estimate of drug-likeness (QED) is 0.607. The van der Waals surface area contributed by atoms with Gasteiger partial charge in [0.15, 0.2) is 0 Å². The average molecular weight is 174 g/mol. The van der Waals surface area contributed by atoms with Crippen LogP contribution in [0.15, 0.2) is 0 Å². The van der Waals surface area contributed by atoms with Gasteiger partial charge < -0.3 is 0 Å². The van der Waals surface area contributed by atoms with Crippen LogP contribution in [0.4, 0.5) is 0 Å². The predicted octanol–water partition coefficient (Wildman–Crippen LogP) is 2.66. The fourth-order valence-electron chi connectivity index (χ4n) is 1.00. The van der Waals surface area contributed by atoms with E-state index in [-0.39, 0.29) is 0 Å². The van der Waals surface area contributed by atoms with Crippen molar-refractivity contribution >= 4 is 0 Å². The maximum Gasteiger partial charge on any atom is 0.0212 e. The van der Waals surface area contributed by atoms with E-state index in [1.54, 1.807) is 0 Å².